The molecule has 2 rings (SSSR count). The molecule has 0 bridgehead atoms. The predicted molar refractivity (Wildman–Crippen MR) is 85.8 cm³/mol. The van der Waals surface area contributed by atoms with Gasteiger partial charge in [0.05, 0.1) is 6.61 Å². The molecule has 20 heavy (non-hydrogen) atoms. The molecule has 0 amide bonds. The van der Waals surface area contributed by atoms with Crippen molar-refractivity contribution in [1.29, 1.82) is 0 Å². The van der Waals surface area contributed by atoms with E-state index in [1.54, 1.807) is 0 Å². The molecule has 0 spiro atoms. The lowest BCUT2D eigenvalue weighted by molar-refractivity contribution is 0.312. The number of hydrogen-bond donors (Lipinski definition) is 1. The van der Waals surface area contributed by atoms with Gasteiger partial charge in [-0.3, -0.25) is 0 Å². The Morgan fingerprint density at radius 1 is 1.05 bits per heavy atom. The van der Waals surface area contributed by atoms with E-state index in [4.69, 9.17) is 4.74 Å². The number of benzene rings is 2. The summed E-state index contributed by atoms with van der Waals surface area (Å²) in [6.07, 6.45) is 0.995. The maximum absolute atomic E-state index is 5.77. The highest BCUT2D eigenvalue weighted by molar-refractivity contribution is 5.47. The lowest BCUT2D eigenvalue weighted by atomic mass is 10.3. The minimum absolute atomic E-state index is 0.727. The van der Waals surface area contributed by atoms with Gasteiger partial charge in [0.25, 0.3) is 0 Å². The van der Waals surface area contributed by atoms with Crippen LogP contribution < -0.4 is 15.0 Å². The number of rotatable bonds is 7. The Labute approximate surface area is 121 Å². The molecule has 3 heteroatoms. The Kier molecular flexibility index (Phi) is 5.30. The molecule has 0 aliphatic rings. The van der Waals surface area contributed by atoms with E-state index < -0.39 is 0 Å². The lowest BCUT2D eigenvalue weighted by Crippen LogP contribution is -2.20. The summed E-state index contributed by atoms with van der Waals surface area (Å²) in [4.78, 5) is 2.24. The minimum atomic E-state index is 0.727. The van der Waals surface area contributed by atoms with Crippen LogP contribution in [-0.4, -0.2) is 27.2 Å². The van der Waals surface area contributed by atoms with Gasteiger partial charge < -0.3 is 15.0 Å². The summed E-state index contributed by atoms with van der Waals surface area (Å²) in [5, 5.41) is 3.11. The van der Waals surface area contributed by atoms with Gasteiger partial charge in [0, 0.05) is 38.1 Å². The summed E-state index contributed by atoms with van der Waals surface area (Å²) in [6.45, 7) is 1.71. The molecule has 0 atom stereocenters. The van der Waals surface area contributed by atoms with Crippen molar-refractivity contribution < 1.29 is 4.74 Å². The van der Waals surface area contributed by atoms with Crippen LogP contribution in [0.1, 0.15) is 6.42 Å². The van der Waals surface area contributed by atoms with Crippen LogP contribution in [0.4, 0.5) is 11.4 Å². The molecule has 0 aliphatic carbocycles. The van der Waals surface area contributed by atoms with Crippen molar-refractivity contribution in [2.45, 2.75) is 6.42 Å². The summed E-state index contributed by atoms with van der Waals surface area (Å²) in [5.74, 6) is 0.916. The SMILES string of the molecule is CNc1cccc(OCCCN(C)c2ccccc2)c1. The fraction of sp³-hybridized carbons (Fsp3) is 0.294. The molecule has 0 saturated carbocycles. The Morgan fingerprint density at radius 2 is 1.85 bits per heavy atom. The van der Waals surface area contributed by atoms with Crippen molar-refractivity contribution >= 4 is 11.4 Å². The van der Waals surface area contributed by atoms with Crippen LogP contribution in [0.5, 0.6) is 5.75 Å². The van der Waals surface area contributed by atoms with Gasteiger partial charge in [-0.25, -0.2) is 0 Å². The second kappa shape index (κ2) is 7.43. The van der Waals surface area contributed by atoms with Crippen molar-refractivity contribution in [3.63, 3.8) is 0 Å². The topological polar surface area (TPSA) is 24.5 Å². The van der Waals surface area contributed by atoms with E-state index in [1.165, 1.54) is 5.69 Å². The molecule has 2 aromatic carbocycles. The monoisotopic (exact) mass is 270 g/mol. The van der Waals surface area contributed by atoms with Gasteiger partial charge in [-0.1, -0.05) is 24.3 Å². The molecule has 0 heterocycles. The minimum Gasteiger partial charge on any atom is -0.493 e. The van der Waals surface area contributed by atoms with Crippen molar-refractivity contribution in [1.82, 2.24) is 0 Å². The largest absolute Gasteiger partial charge is 0.493 e. The Hall–Kier alpha value is -2.16. The van der Waals surface area contributed by atoms with Crippen molar-refractivity contribution in [2.75, 3.05) is 37.5 Å². The van der Waals surface area contributed by atoms with Crippen molar-refractivity contribution in [2.24, 2.45) is 0 Å². The number of ether oxygens (including phenoxy) is 1. The van der Waals surface area contributed by atoms with E-state index in [0.29, 0.717) is 0 Å². The molecule has 0 aliphatic heterocycles. The molecule has 0 saturated heterocycles. The van der Waals surface area contributed by atoms with E-state index in [9.17, 15) is 0 Å². The summed E-state index contributed by atoms with van der Waals surface area (Å²) in [6, 6.07) is 18.4. The normalized spacial score (nSPS) is 10.1. The molecule has 0 unspecified atom stereocenters. The van der Waals surface area contributed by atoms with Gasteiger partial charge >= 0.3 is 0 Å². The highest BCUT2D eigenvalue weighted by atomic mass is 16.5. The summed E-state index contributed by atoms with van der Waals surface area (Å²) >= 11 is 0. The number of nitrogens with zero attached hydrogens (tertiary/aromatic N) is 1. The van der Waals surface area contributed by atoms with Crippen LogP contribution in [0, 0.1) is 0 Å². The van der Waals surface area contributed by atoms with Gasteiger partial charge in [-0.2, -0.15) is 0 Å². The van der Waals surface area contributed by atoms with E-state index in [1.807, 2.05) is 37.4 Å². The standard InChI is InChI=1S/C17H22N2O/c1-18-15-8-6-11-17(14-15)20-13-7-12-19(2)16-9-4-3-5-10-16/h3-6,8-11,14,18H,7,12-13H2,1-2H3. The van der Waals surface area contributed by atoms with Crippen molar-refractivity contribution in [3.8, 4) is 5.75 Å². The predicted octanol–water partition coefficient (Wildman–Crippen LogP) is 3.63. The molecular weight excluding hydrogens is 248 g/mol. The van der Waals surface area contributed by atoms with Crippen LogP contribution in [0.3, 0.4) is 0 Å². The number of para-hydroxylation sites is 1. The fourth-order valence-electron chi connectivity index (χ4n) is 2.04. The average molecular weight is 270 g/mol. The van der Waals surface area contributed by atoms with Crippen LogP contribution in [0.15, 0.2) is 54.6 Å². The zero-order valence-corrected chi connectivity index (χ0v) is 12.2. The highest BCUT2D eigenvalue weighted by Gasteiger charge is 2.00. The van der Waals surface area contributed by atoms with Gasteiger partial charge in [-0.05, 0) is 30.7 Å². The number of nitrogens with one attached hydrogen (secondary N) is 1. The van der Waals surface area contributed by atoms with E-state index >= 15 is 0 Å². The van der Waals surface area contributed by atoms with Gasteiger partial charge in [-0.15, -0.1) is 0 Å². The summed E-state index contributed by atoms with van der Waals surface area (Å²) in [7, 11) is 4.02. The highest BCUT2D eigenvalue weighted by Crippen LogP contribution is 2.17. The lowest BCUT2D eigenvalue weighted by Gasteiger charge is -2.19. The first-order valence-electron chi connectivity index (χ1n) is 6.96. The van der Waals surface area contributed by atoms with Crippen molar-refractivity contribution in [3.05, 3.63) is 54.6 Å². The van der Waals surface area contributed by atoms with Crippen LogP contribution in [0.2, 0.25) is 0 Å². The third kappa shape index (κ3) is 4.19. The molecule has 3 nitrogen and oxygen atoms in total. The zero-order chi connectivity index (χ0) is 14.2. The van der Waals surface area contributed by atoms with Gasteiger partial charge in [0.2, 0.25) is 0 Å². The first kappa shape index (κ1) is 14.3. The number of anilines is 2. The summed E-state index contributed by atoms with van der Waals surface area (Å²) in [5.41, 5.74) is 2.31. The second-order valence-electron chi connectivity index (χ2n) is 4.74. The molecule has 2 aromatic rings. The third-order valence-corrected chi connectivity index (χ3v) is 3.23. The first-order chi connectivity index (χ1) is 9.79. The smallest absolute Gasteiger partial charge is 0.121 e. The van der Waals surface area contributed by atoms with E-state index in [-0.39, 0.29) is 0 Å². The quantitative estimate of drug-likeness (QED) is 0.777. The Morgan fingerprint density at radius 3 is 2.60 bits per heavy atom. The van der Waals surface area contributed by atoms with E-state index in [0.717, 1.165) is 31.0 Å². The van der Waals surface area contributed by atoms with Crippen LogP contribution in [0.25, 0.3) is 0 Å². The average Bonchev–Trinajstić information content (AvgIpc) is 2.52. The molecule has 0 aromatic heterocycles. The van der Waals surface area contributed by atoms with Crippen LogP contribution >= 0.6 is 0 Å². The molecule has 1 N–H and O–H groups in total. The fourth-order valence-corrected chi connectivity index (χ4v) is 2.04. The molecule has 0 radical (unpaired) electrons. The molecule has 106 valence electrons. The number of hydrogen-bond acceptors (Lipinski definition) is 3. The van der Waals surface area contributed by atoms with Gasteiger partial charge in [0.15, 0.2) is 0 Å². The maximum atomic E-state index is 5.77. The zero-order valence-electron chi connectivity index (χ0n) is 12.2. The molecule has 0 fully saturated rings. The third-order valence-electron chi connectivity index (χ3n) is 3.23. The summed E-state index contributed by atoms with van der Waals surface area (Å²) < 4.78 is 5.77. The maximum Gasteiger partial charge on any atom is 0.121 e. The molecular formula is C17H22N2O. The Bertz CT molecular complexity index is 513. The van der Waals surface area contributed by atoms with Crippen LogP contribution in [-0.2, 0) is 0 Å². The Balaban J connectivity index is 1.73. The second-order valence-corrected chi connectivity index (χ2v) is 4.74. The van der Waals surface area contributed by atoms with E-state index in [2.05, 4.69) is 41.5 Å². The first-order valence-corrected chi connectivity index (χ1v) is 6.96. The van der Waals surface area contributed by atoms with Gasteiger partial charge in [0.1, 0.15) is 5.75 Å².